The molecule has 2 fully saturated rings. The van der Waals surface area contributed by atoms with Gasteiger partial charge in [0.25, 0.3) is 0 Å². The summed E-state index contributed by atoms with van der Waals surface area (Å²) in [6.07, 6.45) is 2.78. The van der Waals surface area contributed by atoms with E-state index in [2.05, 4.69) is 18.7 Å². The molecule has 0 amide bonds. The molecule has 0 radical (unpaired) electrons. The van der Waals surface area contributed by atoms with Gasteiger partial charge in [-0.3, -0.25) is 0 Å². The minimum atomic E-state index is -0.743. The molecule has 2 heterocycles. The molecule has 0 aliphatic carbocycles. The smallest absolute Gasteiger partial charge is 0.124 e. The molecule has 94 valence electrons. The summed E-state index contributed by atoms with van der Waals surface area (Å²) in [5.74, 6) is 1.24. The maximum absolute atomic E-state index is 13.1. The van der Waals surface area contributed by atoms with Gasteiger partial charge in [0.2, 0.25) is 0 Å². The first kappa shape index (κ1) is 12.3. The number of hydrogen-bond donors (Lipinski definition) is 0. The van der Waals surface area contributed by atoms with Gasteiger partial charge in [-0.25, -0.2) is 4.39 Å². The Balaban J connectivity index is 1.76. The Labute approximate surface area is 98.1 Å². The second-order valence-corrected chi connectivity index (χ2v) is 5.67. The van der Waals surface area contributed by atoms with Crippen LogP contribution in [0.2, 0.25) is 0 Å². The predicted molar refractivity (Wildman–Crippen MR) is 63.3 cm³/mol. The zero-order valence-corrected chi connectivity index (χ0v) is 10.5. The van der Waals surface area contributed by atoms with Crippen molar-refractivity contribution in [2.24, 2.45) is 11.8 Å². The summed E-state index contributed by atoms with van der Waals surface area (Å²) >= 11 is 0. The average Bonchev–Trinajstić information content (AvgIpc) is 2.25. The molecule has 0 spiro atoms. The monoisotopic (exact) mass is 229 g/mol. The fraction of sp³-hybridized carbons (Fsp3) is 1.00. The molecule has 2 rings (SSSR count). The number of halogens is 1. The van der Waals surface area contributed by atoms with E-state index in [9.17, 15) is 4.39 Å². The quantitative estimate of drug-likeness (QED) is 0.721. The van der Waals surface area contributed by atoms with Crippen molar-refractivity contribution in [3.63, 3.8) is 0 Å². The van der Waals surface area contributed by atoms with Crippen LogP contribution in [0.1, 0.15) is 33.1 Å². The van der Waals surface area contributed by atoms with Crippen LogP contribution >= 0.6 is 0 Å². The van der Waals surface area contributed by atoms with Crippen LogP contribution in [-0.2, 0) is 4.74 Å². The van der Waals surface area contributed by atoms with Gasteiger partial charge in [0.15, 0.2) is 0 Å². The third-order valence-corrected chi connectivity index (χ3v) is 4.07. The highest BCUT2D eigenvalue weighted by atomic mass is 19.1. The lowest BCUT2D eigenvalue weighted by Crippen LogP contribution is -2.45. The van der Waals surface area contributed by atoms with Crippen LogP contribution in [0.5, 0.6) is 0 Å². The highest BCUT2D eigenvalue weighted by Crippen LogP contribution is 2.25. The molecular formula is C13H24FNO. The lowest BCUT2D eigenvalue weighted by molar-refractivity contribution is -0.0746. The number of hydrogen-bond acceptors (Lipinski definition) is 2. The van der Waals surface area contributed by atoms with Crippen molar-refractivity contribution in [2.75, 3.05) is 26.2 Å². The highest BCUT2D eigenvalue weighted by molar-refractivity contribution is 4.80. The van der Waals surface area contributed by atoms with Crippen molar-refractivity contribution in [3.05, 3.63) is 0 Å². The van der Waals surface area contributed by atoms with Gasteiger partial charge in [-0.05, 0) is 44.2 Å². The second kappa shape index (κ2) is 5.46. The molecule has 2 aliphatic heterocycles. The van der Waals surface area contributed by atoms with E-state index < -0.39 is 6.17 Å². The summed E-state index contributed by atoms with van der Waals surface area (Å²) in [6.45, 7) is 8.12. The van der Waals surface area contributed by atoms with Crippen molar-refractivity contribution >= 4 is 0 Å². The summed E-state index contributed by atoms with van der Waals surface area (Å²) < 4.78 is 18.7. The third kappa shape index (κ3) is 3.17. The molecule has 3 heteroatoms. The maximum Gasteiger partial charge on any atom is 0.124 e. The Morgan fingerprint density at radius 3 is 2.56 bits per heavy atom. The number of alkyl halides is 1. The van der Waals surface area contributed by atoms with E-state index in [4.69, 9.17) is 4.74 Å². The predicted octanol–water partition coefficient (Wildman–Crippen LogP) is 2.48. The van der Waals surface area contributed by atoms with Gasteiger partial charge >= 0.3 is 0 Å². The van der Waals surface area contributed by atoms with Crippen molar-refractivity contribution < 1.29 is 9.13 Å². The zero-order valence-electron chi connectivity index (χ0n) is 10.5. The molecule has 16 heavy (non-hydrogen) atoms. The van der Waals surface area contributed by atoms with Gasteiger partial charge < -0.3 is 9.64 Å². The van der Waals surface area contributed by atoms with Crippen molar-refractivity contribution in [3.8, 4) is 0 Å². The number of likely N-dealkylation sites (tertiary alicyclic amines) is 1. The van der Waals surface area contributed by atoms with Crippen molar-refractivity contribution in [1.29, 1.82) is 0 Å². The van der Waals surface area contributed by atoms with E-state index in [0.717, 1.165) is 12.5 Å². The number of rotatable bonds is 2. The summed E-state index contributed by atoms with van der Waals surface area (Å²) in [7, 11) is 0. The standard InChI is InChI=1S/C13H24FNO/c1-10-3-5-15(6-4-10)8-13-11(2)7-12(14)9-16-13/h10-13H,3-9H2,1-2H3/t11-,12-,13+/m1/s1. The number of ether oxygens (including phenoxy) is 1. The van der Waals surface area contributed by atoms with Gasteiger partial charge in [0.05, 0.1) is 12.7 Å². The first-order valence-electron chi connectivity index (χ1n) is 6.63. The fourth-order valence-corrected chi connectivity index (χ4v) is 2.75. The van der Waals surface area contributed by atoms with Crippen LogP contribution < -0.4 is 0 Å². The summed E-state index contributed by atoms with van der Waals surface area (Å²) in [6, 6.07) is 0. The molecule has 0 unspecified atom stereocenters. The van der Waals surface area contributed by atoms with Crippen LogP contribution in [-0.4, -0.2) is 43.4 Å². The Bertz CT molecular complexity index is 216. The summed E-state index contributed by atoms with van der Waals surface area (Å²) in [4.78, 5) is 2.49. The molecule has 0 aromatic carbocycles. The van der Waals surface area contributed by atoms with Crippen molar-refractivity contribution in [1.82, 2.24) is 4.90 Å². The van der Waals surface area contributed by atoms with Crippen LogP contribution in [0.3, 0.4) is 0 Å². The average molecular weight is 229 g/mol. The molecule has 0 aromatic heterocycles. The van der Waals surface area contributed by atoms with Crippen LogP contribution in [0.4, 0.5) is 4.39 Å². The largest absolute Gasteiger partial charge is 0.374 e. The van der Waals surface area contributed by atoms with Crippen molar-refractivity contribution in [2.45, 2.75) is 45.4 Å². The van der Waals surface area contributed by atoms with Gasteiger partial charge in [0, 0.05) is 6.54 Å². The van der Waals surface area contributed by atoms with Crippen LogP contribution in [0.25, 0.3) is 0 Å². The molecule has 0 aromatic rings. The zero-order chi connectivity index (χ0) is 11.5. The highest BCUT2D eigenvalue weighted by Gasteiger charge is 2.30. The van der Waals surface area contributed by atoms with E-state index in [0.29, 0.717) is 18.9 Å². The number of nitrogens with zero attached hydrogens (tertiary/aromatic N) is 1. The fourth-order valence-electron chi connectivity index (χ4n) is 2.75. The van der Waals surface area contributed by atoms with E-state index in [1.807, 2.05) is 0 Å². The van der Waals surface area contributed by atoms with Crippen LogP contribution in [0.15, 0.2) is 0 Å². The summed E-state index contributed by atoms with van der Waals surface area (Å²) in [5.41, 5.74) is 0. The molecule has 0 bridgehead atoms. The molecule has 0 N–H and O–H groups in total. The molecule has 3 atom stereocenters. The molecule has 2 nitrogen and oxygen atoms in total. The van der Waals surface area contributed by atoms with Gasteiger partial charge in [-0.15, -0.1) is 0 Å². The Hall–Kier alpha value is -0.150. The lowest BCUT2D eigenvalue weighted by atomic mass is 9.93. The summed E-state index contributed by atoms with van der Waals surface area (Å²) in [5, 5.41) is 0. The van der Waals surface area contributed by atoms with Gasteiger partial charge in [-0.1, -0.05) is 13.8 Å². The minimum absolute atomic E-state index is 0.250. The Kier molecular flexibility index (Phi) is 4.20. The lowest BCUT2D eigenvalue weighted by Gasteiger charge is -2.37. The SMILES string of the molecule is CC1CCN(C[C@@H]2OC[C@H](F)C[C@H]2C)CC1. The molecule has 2 aliphatic rings. The topological polar surface area (TPSA) is 12.5 Å². The minimum Gasteiger partial charge on any atom is -0.374 e. The van der Waals surface area contributed by atoms with Crippen LogP contribution in [0, 0.1) is 11.8 Å². The number of piperidine rings is 1. The van der Waals surface area contributed by atoms with Gasteiger partial charge in [0.1, 0.15) is 6.17 Å². The molecule has 2 saturated heterocycles. The van der Waals surface area contributed by atoms with E-state index >= 15 is 0 Å². The normalized spacial score (nSPS) is 38.8. The van der Waals surface area contributed by atoms with E-state index in [-0.39, 0.29) is 6.10 Å². The van der Waals surface area contributed by atoms with E-state index in [1.165, 1.54) is 25.9 Å². The van der Waals surface area contributed by atoms with Gasteiger partial charge in [-0.2, -0.15) is 0 Å². The molecule has 0 saturated carbocycles. The second-order valence-electron chi connectivity index (χ2n) is 5.67. The first-order chi connectivity index (χ1) is 7.65. The van der Waals surface area contributed by atoms with E-state index in [1.54, 1.807) is 0 Å². The Morgan fingerprint density at radius 1 is 1.25 bits per heavy atom. The Morgan fingerprint density at radius 2 is 1.94 bits per heavy atom. The third-order valence-electron chi connectivity index (χ3n) is 4.07. The maximum atomic E-state index is 13.1. The first-order valence-corrected chi connectivity index (χ1v) is 6.63. The molecular weight excluding hydrogens is 205 g/mol.